The lowest BCUT2D eigenvalue weighted by atomic mass is 10.3. The Morgan fingerprint density at radius 2 is 1.83 bits per heavy atom. The molecule has 0 atom stereocenters. The number of methoxy groups -OCH3 is 1. The summed E-state index contributed by atoms with van der Waals surface area (Å²) in [6.45, 7) is 0. The lowest BCUT2D eigenvalue weighted by Gasteiger charge is -1.84. The van der Waals surface area contributed by atoms with Crippen LogP contribution in [0.25, 0.3) is 0 Å². The van der Waals surface area contributed by atoms with Crippen LogP contribution in [0.1, 0.15) is 0 Å². The number of thiocarbonyl (C=S) groups is 1. The summed E-state index contributed by atoms with van der Waals surface area (Å²) >= 11 is 7.95. The van der Waals surface area contributed by atoms with E-state index in [1.807, 2.05) is 6.07 Å². The molecule has 0 aliphatic rings. The molecule has 4 heteroatoms. The van der Waals surface area contributed by atoms with Crippen LogP contribution in [0.2, 0.25) is 0 Å². The molecule has 0 amide bonds. The minimum atomic E-state index is 0.282. The highest BCUT2D eigenvalue weighted by Crippen LogP contribution is 2.02. The van der Waals surface area contributed by atoms with E-state index >= 15 is 0 Å². The number of rotatable bonds is 0. The van der Waals surface area contributed by atoms with Crippen LogP contribution < -0.4 is 0 Å². The maximum atomic E-state index is 8.63. The van der Waals surface area contributed by atoms with Gasteiger partial charge in [0.1, 0.15) is 5.75 Å². The number of phenols is 1. The molecule has 0 aromatic heterocycles. The first kappa shape index (κ1) is 11.3. The van der Waals surface area contributed by atoms with E-state index in [1.54, 1.807) is 24.3 Å². The number of thiol groups is 1. The van der Waals surface area contributed by atoms with Crippen LogP contribution in [0.5, 0.6) is 5.75 Å². The van der Waals surface area contributed by atoms with Gasteiger partial charge in [-0.2, -0.15) is 0 Å². The molecule has 0 unspecified atom stereocenters. The van der Waals surface area contributed by atoms with Gasteiger partial charge in [-0.3, -0.25) is 0 Å². The third-order valence-electron chi connectivity index (χ3n) is 0.931. The third-order valence-corrected chi connectivity index (χ3v) is 1.28. The molecular formula is C8H10O2S2. The van der Waals surface area contributed by atoms with E-state index in [-0.39, 0.29) is 4.38 Å². The summed E-state index contributed by atoms with van der Waals surface area (Å²) in [5.74, 6) is 0.322. The number of para-hydroxylation sites is 1. The highest BCUT2D eigenvalue weighted by atomic mass is 32.1. The summed E-state index contributed by atoms with van der Waals surface area (Å²) in [7, 11) is 1.48. The van der Waals surface area contributed by atoms with E-state index in [0.29, 0.717) is 5.75 Å². The Balaban J connectivity index is 0.000000217. The molecule has 0 spiro atoms. The molecule has 0 bridgehead atoms. The Morgan fingerprint density at radius 1 is 1.42 bits per heavy atom. The lowest BCUT2D eigenvalue weighted by Crippen LogP contribution is -1.80. The minimum absolute atomic E-state index is 0.282. The Bertz CT molecular complexity index is 224. The topological polar surface area (TPSA) is 29.5 Å². The zero-order valence-corrected chi connectivity index (χ0v) is 8.31. The normalized spacial score (nSPS) is 7.83. The van der Waals surface area contributed by atoms with Crippen LogP contribution >= 0.6 is 24.8 Å². The van der Waals surface area contributed by atoms with Crippen molar-refractivity contribution in [2.24, 2.45) is 0 Å². The van der Waals surface area contributed by atoms with E-state index in [4.69, 9.17) is 5.11 Å². The van der Waals surface area contributed by atoms with Crippen LogP contribution in [0, 0.1) is 0 Å². The SMILES string of the molecule is COC(=S)S.Oc1ccccc1. The number of aromatic hydroxyl groups is 1. The van der Waals surface area contributed by atoms with Gasteiger partial charge in [-0.25, -0.2) is 0 Å². The first-order valence-corrected chi connectivity index (χ1v) is 4.03. The molecule has 1 aromatic carbocycles. The molecule has 12 heavy (non-hydrogen) atoms. The van der Waals surface area contributed by atoms with Gasteiger partial charge in [0.2, 0.25) is 4.38 Å². The van der Waals surface area contributed by atoms with Gasteiger partial charge in [-0.05, 0) is 24.4 Å². The standard InChI is InChI=1S/C6H6O.C2H4OS2/c7-6-4-2-1-3-5-6;1-3-2(4)5/h1-5,7H;1H3,(H,4,5). The summed E-state index contributed by atoms with van der Waals surface area (Å²) < 4.78 is 4.63. The van der Waals surface area contributed by atoms with Crippen molar-refractivity contribution < 1.29 is 9.84 Å². The summed E-state index contributed by atoms with van der Waals surface area (Å²) in [6.07, 6.45) is 0. The van der Waals surface area contributed by atoms with Crippen molar-refractivity contribution in [2.75, 3.05) is 7.11 Å². The van der Waals surface area contributed by atoms with Crippen LogP contribution in [0.4, 0.5) is 0 Å². The van der Waals surface area contributed by atoms with Crippen molar-refractivity contribution in [3.05, 3.63) is 30.3 Å². The first-order chi connectivity index (χ1) is 5.66. The molecule has 0 saturated carbocycles. The summed E-state index contributed by atoms with van der Waals surface area (Å²) in [5, 5.41) is 8.63. The first-order valence-electron chi connectivity index (χ1n) is 3.17. The Hall–Kier alpha value is -0.740. The fourth-order valence-electron chi connectivity index (χ4n) is 0.428. The van der Waals surface area contributed by atoms with E-state index in [2.05, 4.69) is 29.6 Å². The second-order valence-corrected chi connectivity index (χ2v) is 2.89. The maximum Gasteiger partial charge on any atom is 0.216 e. The number of ether oxygens (including phenoxy) is 1. The van der Waals surface area contributed by atoms with Gasteiger partial charge >= 0.3 is 0 Å². The minimum Gasteiger partial charge on any atom is -0.508 e. The maximum absolute atomic E-state index is 8.63. The molecule has 1 rings (SSSR count). The van der Waals surface area contributed by atoms with Crippen molar-refractivity contribution in [3.8, 4) is 5.75 Å². The Labute approximate surface area is 82.6 Å². The second-order valence-electron chi connectivity index (χ2n) is 1.81. The third kappa shape index (κ3) is 7.37. The fourth-order valence-corrected chi connectivity index (χ4v) is 0.428. The molecule has 1 N–H and O–H groups in total. The molecule has 66 valence electrons. The molecule has 0 aliphatic carbocycles. The van der Waals surface area contributed by atoms with Crippen molar-refractivity contribution >= 4 is 29.2 Å². The Kier molecular flexibility index (Phi) is 6.51. The second kappa shape index (κ2) is 6.94. The molecule has 0 fully saturated rings. The van der Waals surface area contributed by atoms with E-state index in [9.17, 15) is 0 Å². The van der Waals surface area contributed by atoms with Gasteiger partial charge in [0.05, 0.1) is 7.11 Å². The van der Waals surface area contributed by atoms with Crippen molar-refractivity contribution in [2.45, 2.75) is 0 Å². The molecular weight excluding hydrogens is 192 g/mol. The van der Waals surface area contributed by atoms with Gasteiger partial charge in [0.15, 0.2) is 0 Å². The van der Waals surface area contributed by atoms with Gasteiger partial charge in [-0.15, -0.1) is 0 Å². The lowest BCUT2D eigenvalue weighted by molar-refractivity contribution is 0.427. The zero-order chi connectivity index (χ0) is 9.40. The van der Waals surface area contributed by atoms with Gasteiger partial charge < -0.3 is 9.84 Å². The summed E-state index contributed by atoms with van der Waals surface area (Å²) in [6, 6.07) is 8.71. The summed E-state index contributed by atoms with van der Waals surface area (Å²) in [5.41, 5.74) is 0. The average Bonchev–Trinajstić information content (AvgIpc) is 2.07. The van der Waals surface area contributed by atoms with Crippen LogP contribution in [0.15, 0.2) is 30.3 Å². The predicted octanol–water partition coefficient (Wildman–Crippen LogP) is 2.24. The van der Waals surface area contributed by atoms with Crippen LogP contribution in [0.3, 0.4) is 0 Å². The number of hydrogen-bond acceptors (Lipinski definition) is 3. The van der Waals surface area contributed by atoms with E-state index in [0.717, 1.165) is 0 Å². The number of hydrogen-bond donors (Lipinski definition) is 2. The molecule has 0 heterocycles. The van der Waals surface area contributed by atoms with Crippen molar-refractivity contribution in [3.63, 3.8) is 0 Å². The average molecular weight is 202 g/mol. The monoisotopic (exact) mass is 202 g/mol. The van der Waals surface area contributed by atoms with Gasteiger partial charge in [0.25, 0.3) is 0 Å². The smallest absolute Gasteiger partial charge is 0.216 e. The summed E-state index contributed by atoms with van der Waals surface area (Å²) in [4.78, 5) is 0. The van der Waals surface area contributed by atoms with Crippen LogP contribution in [-0.2, 0) is 4.74 Å². The van der Waals surface area contributed by atoms with Crippen molar-refractivity contribution in [1.29, 1.82) is 0 Å². The largest absolute Gasteiger partial charge is 0.508 e. The van der Waals surface area contributed by atoms with Gasteiger partial charge in [0, 0.05) is 0 Å². The quantitative estimate of drug-likeness (QED) is 0.499. The predicted molar refractivity (Wildman–Crippen MR) is 56.7 cm³/mol. The van der Waals surface area contributed by atoms with Crippen LogP contribution in [-0.4, -0.2) is 16.6 Å². The molecule has 0 aliphatic heterocycles. The molecule has 1 aromatic rings. The zero-order valence-electron chi connectivity index (χ0n) is 6.60. The number of benzene rings is 1. The highest BCUT2D eigenvalue weighted by Gasteiger charge is 1.74. The number of phenolic OH excluding ortho intramolecular Hbond substituents is 1. The van der Waals surface area contributed by atoms with Crippen molar-refractivity contribution in [1.82, 2.24) is 0 Å². The van der Waals surface area contributed by atoms with E-state index < -0.39 is 0 Å². The van der Waals surface area contributed by atoms with E-state index in [1.165, 1.54) is 7.11 Å². The highest BCUT2D eigenvalue weighted by molar-refractivity contribution is 8.10. The molecule has 0 radical (unpaired) electrons. The molecule has 2 nitrogen and oxygen atoms in total. The Morgan fingerprint density at radius 3 is 2.00 bits per heavy atom. The molecule has 0 saturated heterocycles. The fraction of sp³-hybridized carbons (Fsp3) is 0.125. The van der Waals surface area contributed by atoms with Gasteiger partial charge in [-0.1, -0.05) is 30.8 Å².